The molecule has 27 heavy (non-hydrogen) atoms. The lowest BCUT2D eigenvalue weighted by molar-refractivity contribution is -0.384. The van der Waals surface area contributed by atoms with Crippen LogP contribution in [-0.4, -0.2) is 33.0 Å². The normalized spacial score (nSPS) is 11.8. The van der Waals surface area contributed by atoms with Gasteiger partial charge in [0.15, 0.2) is 0 Å². The average Bonchev–Trinajstić information content (AvgIpc) is 3.16. The van der Waals surface area contributed by atoms with Crippen LogP contribution in [0.5, 0.6) is 0 Å². The zero-order valence-corrected chi connectivity index (χ0v) is 15.5. The molecule has 2 aromatic carbocycles. The number of H-pyrrole nitrogens is 1. The standard InChI is InChI=1S/C19H17ClN4O3/c1-12(13-5-4-8-16(10-13)24(26)27)23(2)19(25)18-11-17(21-22-18)14-6-3-7-15(20)9-14/h3-12H,1-2H3,(H,21,22). The summed E-state index contributed by atoms with van der Waals surface area (Å²) in [6, 6.07) is 14.8. The highest BCUT2D eigenvalue weighted by molar-refractivity contribution is 6.30. The van der Waals surface area contributed by atoms with Crippen molar-refractivity contribution in [1.82, 2.24) is 15.1 Å². The molecular weight excluding hydrogens is 368 g/mol. The number of non-ortho nitro benzene ring substituents is 1. The first-order valence-corrected chi connectivity index (χ1v) is 8.57. The molecule has 3 rings (SSSR count). The Morgan fingerprint density at radius 1 is 1.22 bits per heavy atom. The zero-order valence-electron chi connectivity index (χ0n) is 14.7. The third-order valence-corrected chi connectivity index (χ3v) is 4.63. The van der Waals surface area contributed by atoms with Gasteiger partial charge in [0.1, 0.15) is 5.69 Å². The quantitative estimate of drug-likeness (QED) is 0.518. The van der Waals surface area contributed by atoms with Crippen LogP contribution < -0.4 is 0 Å². The second kappa shape index (κ2) is 7.59. The Balaban J connectivity index is 1.81. The van der Waals surface area contributed by atoms with Crippen LogP contribution in [0, 0.1) is 10.1 Å². The third-order valence-electron chi connectivity index (χ3n) is 4.39. The number of amides is 1. The van der Waals surface area contributed by atoms with Crippen molar-refractivity contribution in [1.29, 1.82) is 0 Å². The Labute approximate surface area is 160 Å². The van der Waals surface area contributed by atoms with Crippen LogP contribution >= 0.6 is 11.6 Å². The van der Waals surface area contributed by atoms with Gasteiger partial charge in [-0.15, -0.1) is 0 Å². The Morgan fingerprint density at radius 2 is 1.96 bits per heavy atom. The van der Waals surface area contributed by atoms with Gasteiger partial charge in [-0.05, 0) is 30.7 Å². The van der Waals surface area contributed by atoms with Crippen molar-refractivity contribution < 1.29 is 9.72 Å². The molecule has 0 bridgehead atoms. The number of aromatic amines is 1. The molecule has 0 aliphatic carbocycles. The first kappa shape index (κ1) is 18.6. The Bertz CT molecular complexity index is 1000. The molecule has 0 fully saturated rings. The number of hydrogen-bond donors (Lipinski definition) is 1. The predicted octanol–water partition coefficient (Wildman–Crippen LogP) is 4.47. The van der Waals surface area contributed by atoms with E-state index in [1.807, 2.05) is 19.1 Å². The molecule has 8 heteroatoms. The van der Waals surface area contributed by atoms with Gasteiger partial charge in [-0.1, -0.05) is 35.9 Å². The SMILES string of the molecule is CC(c1cccc([N+](=O)[O-])c1)N(C)C(=O)c1cc(-c2cccc(Cl)c2)n[nH]1. The van der Waals surface area contributed by atoms with E-state index in [1.165, 1.54) is 17.0 Å². The fourth-order valence-corrected chi connectivity index (χ4v) is 2.90. The largest absolute Gasteiger partial charge is 0.334 e. The van der Waals surface area contributed by atoms with Crippen LogP contribution in [0.3, 0.4) is 0 Å². The number of benzene rings is 2. The number of nitro groups is 1. The molecule has 1 heterocycles. The third kappa shape index (κ3) is 3.98. The number of nitrogens with zero attached hydrogens (tertiary/aromatic N) is 3. The molecule has 1 unspecified atom stereocenters. The zero-order chi connectivity index (χ0) is 19.6. The predicted molar refractivity (Wildman–Crippen MR) is 103 cm³/mol. The molecule has 1 aromatic heterocycles. The Hall–Kier alpha value is -3.19. The van der Waals surface area contributed by atoms with Gasteiger partial charge >= 0.3 is 0 Å². The number of nitro benzene ring substituents is 1. The number of halogens is 1. The summed E-state index contributed by atoms with van der Waals surface area (Å²) in [7, 11) is 1.64. The van der Waals surface area contributed by atoms with Crippen molar-refractivity contribution >= 4 is 23.2 Å². The van der Waals surface area contributed by atoms with Gasteiger partial charge in [0.2, 0.25) is 0 Å². The second-order valence-corrected chi connectivity index (χ2v) is 6.56. The highest BCUT2D eigenvalue weighted by Gasteiger charge is 2.22. The minimum Gasteiger partial charge on any atom is -0.334 e. The minimum atomic E-state index is -0.454. The molecule has 3 aromatic rings. The molecule has 138 valence electrons. The molecule has 0 aliphatic rings. The van der Waals surface area contributed by atoms with E-state index in [9.17, 15) is 14.9 Å². The second-order valence-electron chi connectivity index (χ2n) is 6.12. The average molecular weight is 385 g/mol. The monoisotopic (exact) mass is 384 g/mol. The van der Waals surface area contributed by atoms with E-state index >= 15 is 0 Å². The summed E-state index contributed by atoms with van der Waals surface area (Å²) in [5.41, 5.74) is 2.40. The van der Waals surface area contributed by atoms with Crippen molar-refractivity contribution in [3.8, 4) is 11.3 Å². The molecular formula is C19H17ClN4O3. The van der Waals surface area contributed by atoms with Crippen LogP contribution in [0.15, 0.2) is 54.6 Å². The number of carbonyl (C=O) groups is 1. The molecule has 0 radical (unpaired) electrons. The van der Waals surface area contributed by atoms with Gasteiger partial charge in [-0.25, -0.2) is 0 Å². The van der Waals surface area contributed by atoms with E-state index in [1.54, 1.807) is 37.4 Å². The van der Waals surface area contributed by atoms with Crippen LogP contribution in [0.1, 0.15) is 29.0 Å². The molecule has 1 atom stereocenters. The van der Waals surface area contributed by atoms with Gasteiger partial charge < -0.3 is 4.90 Å². The van der Waals surface area contributed by atoms with Crippen molar-refractivity contribution in [2.75, 3.05) is 7.05 Å². The van der Waals surface area contributed by atoms with Gasteiger partial charge in [0, 0.05) is 29.8 Å². The van der Waals surface area contributed by atoms with Crippen LogP contribution in [0.2, 0.25) is 5.02 Å². The lowest BCUT2D eigenvalue weighted by Gasteiger charge is -2.24. The molecule has 0 aliphatic heterocycles. The number of carbonyl (C=O) groups excluding carboxylic acids is 1. The first-order valence-electron chi connectivity index (χ1n) is 8.19. The first-order chi connectivity index (χ1) is 12.9. The van der Waals surface area contributed by atoms with Gasteiger partial charge in [0.05, 0.1) is 16.7 Å². The highest BCUT2D eigenvalue weighted by Crippen LogP contribution is 2.25. The minimum absolute atomic E-state index is 0.00928. The van der Waals surface area contributed by atoms with Crippen molar-refractivity contribution in [2.24, 2.45) is 0 Å². The Morgan fingerprint density at radius 3 is 2.67 bits per heavy atom. The lowest BCUT2D eigenvalue weighted by atomic mass is 10.1. The van der Waals surface area contributed by atoms with Crippen LogP contribution in [0.25, 0.3) is 11.3 Å². The van der Waals surface area contributed by atoms with E-state index in [2.05, 4.69) is 10.2 Å². The molecule has 1 N–H and O–H groups in total. The Kier molecular flexibility index (Phi) is 5.23. The molecule has 7 nitrogen and oxygen atoms in total. The summed E-state index contributed by atoms with van der Waals surface area (Å²) < 4.78 is 0. The van der Waals surface area contributed by atoms with Gasteiger partial charge in [0.25, 0.3) is 11.6 Å². The van der Waals surface area contributed by atoms with Crippen LogP contribution in [0.4, 0.5) is 5.69 Å². The molecule has 0 saturated heterocycles. The van der Waals surface area contributed by atoms with E-state index in [0.717, 1.165) is 5.56 Å². The van der Waals surface area contributed by atoms with E-state index < -0.39 is 4.92 Å². The van der Waals surface area contributed by atoms with Crippen LogP contribution in [-0.2, 0) is 0 Å². The number of aromatic nitrogens is 2. The summed E-state index contributed by atoms with van der Waals surface area (Å²) >= 11 is 6.00. The summed E-state index contributed by atoms with van der Waals surface area (Å²) in [5, 5.41) is 18.5. The molecule has 0 spiro atoms. The van der Waals surface area contributed by atoms with Crippen molar-refractivity contribution in [2.45, 2.75) is 13.0 Å². The number of rotatable bonds is 5. The summed E-state index contributed by atoms with van der Waals surface area (Å²) in [4.78, 5) is 24.8. The summed E-state index contributed by atoms with van der Waals surface area (Å²) in [5.74, 6) is -0.269. The summed E-state index contributed by atoms with van der Waals surface area (Å²) in [6.45, 7) is 1.81. The maximum absolute atomic E-state index is 12.8. The van der Waals surface area contributed by atoms with E-state index in [0.29, 0.717) is 22.0 Å². The van der Waals surface area contributed by atoms with Crippen molar-refractivity contribution in [3.05, 3.63) is 81.0 Å². The maximum atomic E-state index is 12.8. The maximum Gasteiger partial charge on any atom is 0.272 e. The molecule has 1 amide bonds. The number of hydrogen-bond acceptors (Lipinski definition) is 4. The topological polar surface area (TPSA) is 92.1 Å². The summed E-state index contributed by atoms with van der Waals surface area (Å²) in [6.07, 6.45) is 0. The van der Waals surface area contributed by atoms with E-state index in [-0.39, 0.29) is 17.6 Å². The number of nitrogens with one attached hydrogen (secondary N) is 1. The highest BCUT2D eigenvalue weighted by atomic mass is 35.5. The fourth-order valence-electron chi connectivity index (χ4n) is 2.71. The van der Waals surface area contributed by atoms with Gasteiger partial charge in [-0.2, -0.15) is 5.10 Å². The van der Waals surface area contributed by atoms with E-state index in [4.69, 9.17) is 11.6 Å². The lowest BCUT2D eigenvalue weighted by Crippen LogP contribution is -2.30. The fraction of sp³-hybridized carbons (Fsp3) is 0.158. The molecule has 0 saturated carbocycles. The van der Waals surface area contributed by atoms with Gasteiger partial charge in [-0.3, -0.25) is 20.0 Å². The smallest absolute Gasteiger partial charge is 0.272 e. The van der Waals surface area contributed by atoms with Crippen molar-refractivity contribution in [3.63, 3.8) is 0 Å².